The summed E-state index contributed by atoms with van der Waals surface area (Å²) in [7, 11) is 1.82. The van der Waals surface area contributed by atoms with Crippen LogP contribution in [0.5, 0.6) is 11.5 Å². The van der Waals surface area contributed by atoms with E-state index in [9.17, 15) is 29.4 Å². The molecule has 3 atom stereocenters. The molecule has 5 aromatic rings. The number of ether oxygens (including phenoxy) is 1. The number of likely N-dealkylation sites (N-methyl/N-ethyl adjacent to an activating group) is 1. The van der Waals surface area contributed by atoms with Crippen molar-refractivity contribution in [2.24, 2.45) is 5.41 Å². The third-order valence-corrected chi connectivity index (χ3v) is 14.2. The van der Waals surface area contributed by atoms with Gasteiger partial charge in [-0.3, -0.25) is 19.2 Å². The SMILES string of the molecule is CC/C(=C(/c1ccc(O)cc1)c1ccc(OCCN(C)C(=O)CCCCCCCCCC(=O)N[C@H](C(=O)N2C[C@H](O)C[C@H]2C(=O)NCc2ccc(-c3scnc3C)cc2)C(C)(C)C)cc1)c1ccccc1. The lowest BCUT2D eigenvalue weighted by Crippen LogP contribution is -2.57. The monoisotopic (exact) mass is 984 g/mol. The number of nitrogens with one attached hydrogen (secondary N) is 2. The first-order chi connectivity index (χ1) is 34.1. The summed E-state index contributed by atoms with van der Waals surface area (Å²) in [6.45, 7) is 11.0. The number of carbonyl (C=O) groups is 4. The molecule has 2 heterocycles. The third kappa shape index (κ3) is 15.6. The van der Waals surface area contributed by atoms with Crippen LogP contribution in [0.2, 0.25) is 0 Å². The number of β-amino-alcohol motifs (C(OH)–C–C–N with tert-alkyl or cyclic N) is 1. The van der Waals surface area contributed by atoms with Crippen molar-refractivity contribution >= 4 is 46.1 Å². The molecule has 1 aliphatic heterocycles. The van der Waals surface area contributed by atoms with Crippen molar-refractivity contribution in [2.75, 3.05) is 26.7 Å². The largest absolute Gasteiger partial charge is 0.508 e. The van der Waals surface area contributed by atoms with Crippen molar-refractivity contribution in [3.63, 3.8) is 0 Å². The van der Waals surface area contributed by atoms with Gasteiger partial charge in [-0.1, -0.05) is 139 Å². The number of hydrogen-bond donors (Lipinski definition) is 4. The molecular formula is C58H73N5O7S. The van der Waals surface area contributed by atoms with Crippen molar-refractivity contribution < 1.29 is 34.1 Å². The first kappa shape index (κ1) is 54.0. The number of carbonyl (C=O) groups excluding carboxylic acids is 4. The number of aliphatic hydroxyl groups is 1. The number of unbranched alkanes of at least 4 members (excludes halogenated alkanes) is 6. The van der Waals surface area contributed by atoms with Gasteiger partial charge in [0, 0.05) is 39.4 Å². The van der Waals surface area contributed by atoms with E-state index >= 15 is 0 Å². The Morgan fingerprint density at radius 3 is 2.06 bits per heavy atom. The number of hydrogen-bond acceptors (Lipinski definition) is 9. The number of phenolic OH excluding ortho intramolecular Hbond substituents is 1. The number of aliphatic hydroxyl groups excluding tert-OH is 1. The molecule has 71 heavy (non-hydrogen) atoms. The fourth-order valence-electron chi connectivity index (χ4n) is 9.10. The lowest BCUT2D eigenvalue weighted by atomic mass is 9.85. The number of rotatable bonds is 24. The van der Waals surface area contributed by atoms with Crippen molar-refractivity contribution in [1.82, 2.24) is 25.4 Å². The zero-order valence-corrected chi connectivity index (χ0v) is 43.2. The Labute approximate surface area is 424 Å². The third-order valence-electron chi connectivity index (χ3n) is 13.2. The van der Waals surface area contributed by atoms with Gasteiger partial charge in [-0.15, -0.1) is 11.3 Å². The minimum atomic E-state index is -0.861. The zero-order chi connectivity index (χ0) is 50.9. The van der Waals surface area contributed by atoms with Crippen LogP contribution in [0.25, 0.3) is 21.6 Å². The van der Waals surface area contributed by atoms with Crippen LogP contribution in [0.1, 0.15) is 126 Å². The van der Waals surface area contributed by atoms with Crippen molar-refractivity contribution in [3.8, 4) is 21.9 Å². The smallest absolute Gasteiger partial charge is 0.246 e. The average molecular weight is 984 g/mol. The van der Waals surface area contributed by atoms with Crippen LogP contribution in [0.3, 0.4) is 0 Å². The van der Waals surface area contributed by atoms with Gasteiger partial charge >= 0.3 is 0 Å². The molecular weight excluding hydrogens is 911 g/mol. The number of nitrogens with zero attached hydrogens (tertiary/aromatic N) is 3. The molecule has 378 valence electrons. The van der Waals surface area contributed by atoms with Gasteiger partial charge in [-0.25, -0.2) is 4.98 Å². The van der Waals surface area contributed by atoms with Crippen LogP contribution < -0.4 is 15.4 Å². The second-order valence-corrected chi connectivity index (χ2v) is 20.6. The number of thiazole rings is 1. The number of aryl methyl sites for hydroxylation is 1. The quantitative estimate of drug-likeness (QED) is 0.0351. The minimum absolute atomic E-state index is 0.0266. The van der Waals surface area contributed by atoms with Gasteiger partial charge in [0.2, 0.25) is 23.6 Å². The van der Waals surface area contributed by atoms with Crippen LogP contribution >= 0.6 is 11.3 Å². The van der Waals surface area contributed by atoms with E-state index in [2.05, 4.69) is 46.8 Å². The predicted molar refractivity (Wildman–Crippen MR) is 284 cm³/mol. The molecule has 0 unspecified atom stereocenters. The van der Waals surface area contributed by atoms with Gasteiger partial charge < -0.3 is 35.4 Å². The lowest BCUT2D eigenvalue weighted by molar-refractivity contribution is -0.144. The maximum atomic E-state index is 14.0. The minimum Gasteiger partial charge on any atom is -0.508 e. The molecule has 4 aromatic carbocycles. The molecule has 13 heteroatoms. The zero-order valence-electron chi connectivity index (χ0n) is 42.4. The topological polar surface area (TPSA) is 161 Å². The molecule has 12 nitrogen and oxygen atoms in total. The van der Waals surface area contributed by atoms with E-state index in [0.29, 0.717) is 26.0 Å². The molecule has 0 aliphatic carbocycles. The van der Waals surface area contributed by atoms with Gasteiger partial charge in [-0.05, 0) is 94.8 Å². The molecule has 0 spiro atoms. The Morgan fingerprint density at radius 2 is 1.45 bits per heavy atom. The standard InChI is InChI=1S/C58H73N5O7S/c1-7-49(42-18-14-13-15-19-42)53(43-26-30-46(64)31-27-43)44-28-32-48(33-29-44)70-35-34-62(6)52(67)21-17-12-10-8-9-11-16-20-51(66)61-55(58(3,4)5)57(69)63-38-47(65)36-50(63)56(68)59-37-41-22-24-45(25-23-41)54-40(2)60-39-71-54/h13-15,18-19,22-33,39,47,50,55,64-65H,7-12,16-17,20-21,34-38H2,1-6H3,(H,59,68)(H,61,66)/b53-49+/t47-,50+,55-/m1/s1. The van der Waals surface area contributed by atoms with Gasteiger partial charge in [-0.2, -0.15) is 0 Å². The predicted octanol–water partition coefficient (Wildman–Crippen LogP) is 10.4. The van der Waals surface area contributed by atoms with Gasteiger partial charge in [0.15, 0.2) is 0 Å². The molecule has 0 radical (unpaired) electrons. The molecule has 1 saturated heterocycles. The van der Waals surface area contributed by atoms with Crippen LogP contribution in [0.4, 0.5) is 0 Å². The van der Waals surface area contributed by atoms with Crippen molar-refractivity contribution in [1.29, 1.82) is 0 Å². The fourth-order valence-corrected chi connectivity index (χ4v) is 9.91. The maximum absolute atomic E-state index is 14.0. The molecule has 4 amide bonds. The van der Waals surface area contributed by atoms with E-state index in [1.165, 1.54) is 10.5 Å². The van der Waals surface area contributed by atoms with Crippen LogP contribution in [-0.4, -0.2) is 93.6 Å². The summed E-state index contributed by atoms with van der Waals surface area (Å²) in [6.07, 6.45) is 7.23. The Bertz CT molecular complexity index is 2540. The Morgan fingerprint density at radius 1 is 0.831 bits per heavy atom. The maximum Gasteiger partial charge on any atom is 0.246 e. The van der Waals surface area contributed by atoms with Gasteiger partial charge in [0.25, 0.3) is 0 Å². The Hall–Kier alpha value is -6.31. The molecule has 0 bridgehead atoms. The second-order valence-electron chi connectivity index (χ2n) is 19.7. The van der Waals surface area contributed by atoms with Crippen LogP contribution in [0.15, 0.2) is 109 Å². The molecule has 0 saturated carbocycles. The van der Waals surface area contributed by atoms with Crippen LogP contribution in [-0.2, 0) is 25.7 Å². The van der Waals surface area contributed by atoms with E-state index in [-0.39, 0.29) is 55.3 Å². The highest BCUT2D eigenvalue weighted by Crippen LogP contribution is 2.36. The van der Waals surface area contributed by atoms with Crippen LogP contribution in [0, 0.1) is 12.3 Å². The molecule has 4 N–H and O–H groups in total. The summed E-state index contributed by atoms with van der Waals surface area (Å²) < 4.78 is 6.06. The molecule has 1 aromatic heterocycles. The van der Waals surface area contributed by atoms with E-state index in [1.807, 2.05) is 107 Å². The molecule has 6 rings (SSSR count). The van der Waals surface area contributed by atoms with Crippen molar-refractivity contribution in [2.45, 2.75) is 130 Å². The number of benzene rings is 4. The van der Waals surface area contributed by atoms with Crippen molar-refractivity contribution in [3.05, 3.63) is 137 Å². The average Bonchev–Trinajstić information content (AvgIpc) is 3.98. The number of amides is 4. The van der Waals surface area contributed by atoms with E-state index in [1.54, 1.807) is 28.4 Å². The summed E-state index contributed by atoms with van der Waals surface area (Å²) in [6, 6.07) is 32.0. The first-order valence-corrected chi connectivity index (χ1v) is 26.1. The number of allylic oxidation sites excluding steroid dienone is 1. The molecule has 1 fully saturated rings. The summed E-state index contributed by atoms with van der Waals surface area (Å²) in [4.78, 5) is 62.2. The summed E-state index contributed by atoms with van der Waals surface area (Å²) in [5.74, 6) is 0.140. The number of phenols is 1. The Balaban J connectivity index is 0.853. The van der Waals surface area contributed by atoms with E-state index < -0.39 is 23.6 Å². The highest BCUT2D eigenvalue weighted by molar-refractivity contribution is 7.13. The first-order valence-electron chi connectivity index (χ1n) is 25.2. The second kappa shape index (κ2) is 26.2. The summed E-state index contributed by atoms with van der Waals surface area (Å²) in [5.41, 5.74) is 9.69. The lowest BCUT2D eigenvalue weighted by Gasteiger charge is -2.35. The fraction of sp³-hybridized carbons (Fsp3) is 0.431. The summed E-state index contributed by atoms with van der Waals surface area (Å²) >= 11 is 1.58. The van der Waals surface area contributed by atoms with Gasteiger partial charge in [0.1, 0.15) is 30.2 Å². The number of aromatic nitrogens is 1. The number of likely N-dealkylation sites (tertiary alicyclic amines) is 1. The van der Waals surface area contributed by atoms with E-state index in [4.69, 9.17) is 4.74 Å². The highest BCUT2D eigenvalue weighted by atomic mass is 32.1. The Kier molecular flexibility index (Phi) is 20.0. The normalized spacial score (nSPS) is 15.5. The number of aromatic hydroxyl groups is 1. The van der Waals surface area contributed by atoms with Gasteiger partial charge in [0.05, 0.1) is 28.7 Å². The highest BCUT2D eigenvalue weighted by Gasteiger charge is 2.44. The summed E-state index contributed by atoms with van der Waals surface area (Å²) in [5, 5.41) is 26.5. The van der Waals surface area contributed by atoms with E-state index in [0.717, 1.165) is 94.7 Å². The molecule has 1 aliphatic rings.